The number of hydrogen-bond acceptors (Lipinski definition) is 8. The van der Waals surface area contributed by atoms with E-state index in [-0.39, 0.29) is 22.5 Å². The number of Topliss-reactive ketones (excluding diaryl/α,β-unsaturated/α-hetero) is 1. The second-order valence-electron chi connectivity index (χ2n) is 7.96. The molecule has 1 aromatic heterocycles. The van der Waals surface area contributed by atoms with Crippen LogP contribution in [0.15, 0.2) is 52.1 Å². The van der Waals surface area contributed by atoms with Gasteiger partial charge in [0.15, 0.2) is 6.61 Å². The van der Waals surface area contributed by atoms with Crippen molar-refractivity contribution in [1.82, 2.24) is 9.13 Å². The van der Waals surface area contributed by atoms with Gasteiger partial charge in [0.25, 0.3) is 17.4 Å². The third-order valence-electron chi connectivity index (χ3n) is 5.80. The third kappa shape index (κ3) is 3.72. The molecule has 2 amide bonds. The molecule has 11 nitrogen and oxygen atoms in total. The van der Waals surface area contributed by atoms with Crippen molar-refractivity contribution in [3.8, 4) is 0 Å². The van der Waals surface area contributed by atoms with E-state index < -0.39 is 47.0 Å². The topological polar surface area (TPSA) is 151 Å². The van der Waals surface area contributed by atoms with Crippen molar-refractivity contribution in [1.29, 1.82) is 0 Å². The molecule has 3 aromatic rings. The summed E-state index contributed by atoms with van der Waals surface area (Å²) in [4.78, 5) is 76.2. The van der Waals surface area contributed by atoms with Crippen molar-refractivity contribution in [3.05, 3.63) is 91.1 Å². The minimum Gasteiger partial charge on any atom is -0.454 e. The lowest BCUT2D eigenvalue weighted by molar-refractivity contribution is 0.0474. The summed E-state index contributed by atoms with van der Waals surface area (Å²) < 4.78 is 6.67. The predicted molar refractivity (Wildman–Crippen MR) is 125 cm³/mol. The van der Waals surface area contributed by atoms with Gasteiger partial charge < -0.3 is 10.5 Å². The Hall–Kier alpha value is -4.80. The van der Waals surface area contributed by atoms with Crippen LogP contribution < -0.4 is 21.9 Å². The molecule has 0 atom stereocenters. The van der Waals surface area contributed by atoms with Crippen LogP contribution in [0.3, 0.4) is 0 Å². The maximum atomic E-state index is 13.0. The number of carbonyl (C=O) groups is 4. The molecule has 0 spiro atoms. The smallest absolute Gasteiger partial charge is 0.338 e. The monoisotopic (exact) mass is 476 g/mol. The predicted octanol–water partition coefficient (Wildman–Crippen LogP) is 0.815. The summed E-state index contributed by atoms with van der Waals surface area (Å²) in [5.41, 5.74) is 4.90. The SMILES string of the molecule is Cc1ccccc1N1C(=O)c2ccc(C(=O)OCC(=O)c3c(N)n(C)c(=O)n(C)c3=O)cc2C1=O. The van der Waals surface area contributed by atoms with Crippen molar-refractivity contribution < 1.29 is 23.9 Å². The Morgan fingerprint density at radius 3 is 2.26 bits per heavy atom. The summed E-state index contributed by atoms with van der Waals surface area (Å²) in [6.07, 6.45) is 0. The van der Waals surface area contributed by atoms with Gasteiger partial charge in [0.2, 0.25) is 5.78 Å². The number of amides is 2. The van der Waals surface area contributed by atoms with Crippen LogP contribution in [0.25, 0.3) is 0 Å². The lowest BCUT2D eigenvalue weighted by atomic mass is 10.1. The molecule has 0 aliphatic carbocycles. The van der Waals surface area contributed by atoms with E-state index in [2.05, 4.69) is 0 Å². The summed E-state index contributed by atoms with van der Waals surface area (Å²) in [5.74, 6) is -3.31. The summed E-state index contributed by atoms with van der Waals surface area (Å²) in [6.45, 7) is 0.944. The van der Waals surface area contributed by atoms with Crippen molar-refractivity contribution >= 4 is 35.1 Å². The first-order valence-corrected chi connectivity index (χ1v) is 10.4. The number of rotatable bonds is 5. The average Bonchev–Trinajstić information content (AvgIpc) is 3.09. The molecule has 2 N–H and O–H groups in total. The van der Waals surface area contributed by atoms with Gasteiger partial charge in [0, 0.05) is 14.1 Å². The number of fused-ring (bicyclic) bond motifs is 1. The van der Waals surface area contributed by atoms with Crippen molar-refractivity contribution in [2.45, 2.75) is 6.92 Å². The average molecular weight is 476 g/mol. The van der Waals surface area contributed by atoms with Gasteiger partial charge in [-0.1, -0.05) is 18.2 Å². The molecule has 2 heterocycles. The lowest BCUT2D eigenvalue weighted by Gasteiger charge is -2.16. The summed E-state index contributed by atoms with van der Waals surface area (Å²) in [6, 6.07) is 10.8. The fourth-order valence-corrected chi connectivity index (χ4v) is 3.81. The lowest BCUT2D eigenvalue weighted by Crippen LogP contribution is -2.42. The normalized spacial score (nSPS) is 12.6. The van der Waals surface area contributed by atoms with Crippen molar-refractivity contribution in [2.75, 3.05) is 17.2 Å². The Morgan fingerprint density at radius 2 is 1.57 bits per heavy atom. The minimum absolute atomic E-state index is 0.0233. The molecule has 0 saturated carbocycles. The second kappa shape index (κ2) is 8.52. The summed E-state index contributed by atoms with van der Waals surface area (Å²) >= 11 is 0. The molecule has 35 heavy (non-hydrogen) atoms. The highest BCUT2D eigenvalue weighted by Gasteiger charge is 2.38. The van der Waals surface area contributed by atoms with Gasteiger partial charge in [-0.2, -0.15) is 0 Å². The number of hydrogen-bond donors (Lipinski definition) is 1. The van der Waals surface area contributed by atoms with Gasteiger partial charge in [0.1, 0.15) is 11.4 Å². The molecule has 0 fully saturated rings. The molecule has 0 bridgehead atoms. The fourth-order valence-electron chi connectivity index (χ4n) is 3.81. The van der Waals surface area contributed by atoms with Crippen LogP contribution in [0.4, 0.5) is 11.5 Å². The number of imide groups is 1. The van der Waals surface area contributed by atoms with E-state index >= 15 is 0 Å². The molecule has 11 heteroatoms. The quantitative estimate of drug-likeness (QED) is 0.323. The molecular formula is C24H20N4O7. The molecule has 0 radical (unpaired) electrons. The van der Waals surface area contributed by atoms with E-state index in [1.807, 2.05) is 0 Å². The first-order valence-electron chi connectivity index (χ1n) is 10.4. The number of benzene rings is 2. The minimum atomic E-state index is -0.948. The van der Waals surface area contributed by atoms with E-state index in [9.17, 15) is 28.8 Å². The number of anilines is 2. The zero-order valence-electron chi connectivity index (χ0n) is 19.0. The number of nitrogen functional groups attached to an aromatic ring is 1. The first kappa shape index (κ1) is 23.4. The molecule has 1 aliphatic rings. The number of nitrogens with zero attached hydrogens (tertiary/aromatic N) is 3. The maximum Gasteiger partial charge on any atom is 0.338 e. The van der Waals surface area contributed by atoms with Crippen LogP contribution in [0.5, 0.6) is 0 Å². The molecular weight excluding hydrogens is 456 g/mol. The number of para-hydroxylation sites is 1. The van der Waals surface area contributed by atoms with Crippen molar-refractivity contribution in [2.24, 2.45) is 14.1 Å². The van der Waals surface area contributed by atoms with Gasteiger partial charge >= 0.3 is 11.7 Å². The highest BCUT2D eigenvalue weighted by Crippen LogP contribution is 2.31. The number of ketones is 1. The Bertz CT molecular complexity index is 1570. The van der Waals surface area contributed by atoms with E-state index in [0.29, 0.717) is 5.69 Å². The molecule has 4 rings (SSSR count). The number of nitrogens with two attached hydrogens (primary N) is 1. The maximum absolute atomic E-state index is 13.0. The van der Waals surface area contributed by atoms with Crippen LogP contribution in [0, 0.1) is 6.92 Å². The van der Waals surface area contributed by atoms with Crippen LogP contribution in [0.1, 0.15) is 47.0 Å². The second-order valence-corrected chi connectivity index (χ2v) is 7.96. The van der Waals surface area contributed by atoms with Crippen LogP contribution in [-0.4, -0.2) is 39.3 Å². The summed E-state index contributed by atoms with van der Waals surface area (Å²) in [5, 5.41) is 0. The van der Waals surface area contributed by atoms with Gasteiger partial charge in [-0.05, 0) is 36.8 Å². The van der Waals surface area contributed by atoms with E-state index in [4.69, 9.17) is 10.5 Å². The summed E-state index contributed by atoms with van der Waals surface area (Å²) in [7, 11) is 2.49. The van der Waals surface area contributed by atoms with Gasteiger partial charge in [-0.25, -0.2) is 14.5 Å². The Morgan fingerprint density at radius 1 is 0.914 bits per heavy atom. The van der Waals surface area contributed by atoms with Gasteiger partial charge in [-0.3, -0.25) is 28.3 Å². The molecule has 0 saturated heterocycles. The van der Waals surface area contributed by atoms with Crippen LogP contribution in [0.2, 0.25) is 0 Å². The largest absolute Gasteiger partial charge is 0.454 e. The third-order valence-corrected chi connectivity index (χ3v) is 5.80. The molecule has 178 valence electrons. The number of aryl methyl sites for hydroxylation is 1. The van der Waals surface area contributed by atoms with Crippen LogP contribution >= 0.6 is 0 Å². The van der Waals surface area contributed by atoms with Gasteiger partial charge in [-0.15, -0.1) is 0 Å². The highest BCUT2D eigenvalue weighted by atomic mass is 16.5. The van der Waals surface area contributed by atoms with Crippen LogP contribution in [-0.2, 0) is 18.8 Å². The number of ether oxygens (including phenoxy) is 1. The number of carbonyl (C=O) groups excluding carboxylic acids is 4. The van der Waals surface area contributed by atoms with E-state index in [0.717, 1.165) is 19.6 Å². The highest BCUT2D eigenvalue weighted by molar-refractivity contribution is 6.35. The Labute approximate surface area is 198 Å². The van der Waals surface area contributed by atoms with Gasteiger partial charge in [0.05, 0.1) is 22.4 Å². The Kier molecular flexibility index (Phi) is 5.69. The molecule has 0 unspecified atom stereocenters. The molecule has 2 aromatic carbocycles. The Balaban J connectivity index is 1.56. The van der Waals surface area contributed by atoms with Crippen molar-refractivity contribution in [3.63, 3.8) is 0 Å². The zero-order valence-corrected chi connectivity index (χ0v) is 19.0. The van der Waals surface area contributed by atoms with E-state index in [1.165, 1.54) is 32.3 Å². The number of esters is 1. The standard InChI is InChI=1S/C24H20N4O7/c1-12-6-4-5-7-16(12)28-20(30)14-9-8-13(10-15(14)21(28)31)23(33)35-11-17(29)18-19(25)26(2)24(34)27(3)22(18)32/h4-10H,11,25H2,1-3H3. The number of aromatic nitrogens is 2. The van der Waals surface area contributed by atoms with E-state index in [1.54, 1.807) is 31.2 Å². The fraction of sp³-hybridized carbons (Fsp3) is 0.167. The zero-order chi connectivity index (χ0) is 25.6. The molecule has 1 aliphatic heterocycles. The first-order chi connectivity index (χ1) is 16.5.